The van der Waals surface area contributed by atoms with Crippen LogP contribution in [-0.2, 0) is 11.3 Å². The maximum Gasteiger partial charge on any atom is 0.148 e. The molecule has 0 saturated heterocycles. The Bertz CT molecular complexity index is 574. The van der Waals surface area contributed by atoms with Gasteiger partial charge in [-0.25, -0.2) is 0 Å². The normalized spacial score (nSPS) is 14.9. The highest BCUT2D eigenvalue weighted by atomic mass is 16.5. The molecule has 3 rings (SSSR count). The summed E-state index contributed by atoms with van der Waals surface area (Å²) in [6.45, 7) is 3.18. The van der Waals surface area contributed by atoms with Crippen molar-refractivity contribution in [3.05, 3.63) is 59.8 Å². The highest BCUT2D eigenvalue weighted by molar-refractivity contribution is 5.35. The molecule has 2 aromatic rings. The topological polar surface area (TPSA) is 39.1 Å². The first-order valence-corrected chi connectivity index (χ1v) is 6.97. The Morgan fingerprint density at radius 3 is 2.90 bits per heavy atom. The van der Waals surface area contributed by atoms with Gasteiger partial charge in [0.2, 0.25) is 0 Å². The van der Waals surface area contributed by atoms with Gasteiger partial charge in [0.15, 0.2) is 0 Å². The second kappa shape index (κ2) is 6.39. The Labute approximate surface area is 119 Å². The maximum atomic E-state index is 5.42. The highest BCUT2D eigenvalue weighted by Gasteiger charge is 2.04. The highest BCUT2D eigenvalue weighted by Crippen LogP contribution is 2.09. The number of aromatic nitrogens is 2. The molecule has 4 heteroatoms. The molecule has 0 aliphatic carbocycles. The second-order valence-corrected chi connectivity index (χ2v) is 4.94. The van der Waals surface area contributed by atoms with Crippen LogP contribution in [0.25, 0.3) is 0 Å². The van der Waals surface area contributed by atoms with Crippen LogP contribution in [0, 0.1) is 0 Å². The smallest absolute Gasteiger partial charge is 0.148 e. The van der Waals surface area contributed by atoms with E-state index in [1.807, 2.05) is 35.1 Å². The first-order chi connectivity index (χ1) is 9.90. The summed E-state index contributed by atoms with van der Waals surface area (Å²) in [6, 6.07) is 12.4. The molecule has 20 heavy (non-hydrogen) atoms. The van der Waals surface area contributed by atoms with Crippen LogP contribution in [0.15, 0.2) is 54.2 Å². The zero-order valence-corrected chi connectivity index (χ0v) is 11.5. The van der Waals surface area contributed by atoms with Crippen LogP contribution in [0.4, 0.5) is 5.82 Å². The van der Waals surface area contributed by atoms with E-state index in [2.05, 4.69) is 28.6 Å². The van der Waals surface area contributed by atoms with E-state index in [1.54, 1.807) is 0 Å². The van der Waals surface area contributed by atoms with E-state index in [4.69, 9.17) is 4.74 Å². The van der Waals surface area contributed by atoms with Crippen molar-refractivity contribution in [2.45, 2.75) is 13.0 Å². The van der Waals surface area contributed by atoms with Crippen molar-refractivity contribution in [1.82, 2.24) is 9.78 Å². The minimum atomic E-state index is 0.734. The predicted molar refractivity (Wildman–Crippen MR) is 79.8 cm³/mol. The van der Waals surface area contributed by atoms with Crippen LogP contribution in [-0.4, -0.2) is 29.5 Å². The maximum absolute atomic E-state index is 5.42. The van der Waals surface area contributed by atoms with E-state index in [0.717, 1.165) is 38.5 Å². The van der Waals surface area contributed by atoms with Gasteiger partial charge < -0.3 is 10.1 Å². The van der Waals surface area contributed by atoms with Crippen molar-refractivity contribution in [2.75, 3.05) is 25.1 Å². The molecule has 1 N–H and O–H groups in total. The van der Waals surface area contributed by atoms with Crippen LogP contribution in [0.5, 0.6) is 0 Å². The number of ether oxygens (including phenoxy) is 1. The Morgan fingerprint density at radius 1 is 1.20 bits per heavy atom. The lowest BCUT2D eigenvalue weighted by molar-refractivity contribution is 0.150. The lowest BCUT2D eigenvalue weighted by Crippen LogP contribution is -2.14. The van der Waals surface area contributed by atoms with Gasteiger partial charge in [-0.1, -0.05) is 36.4 Å². The van der Waals surface area contributed by atoms with Crippen LogP contribution in [0.1, 0.15) is 12.0 Å². The Kier molecular flexibility index (Phi) is 4.13. The average Bonchev–Trinajstić information content (AvgIpc) is 2.95. The van der Waals surface area contributed by atoms with Crippen molar-refractivity contribution < 1.29 is 4.74 Å². The van der Waals surface area contributed by atoms with Crippen LogP contribution in [0.2, 0.25) is 0 Å². The fourth-order valence-electron chi connectivity index (χ4n) is 2.25. The minimum absolute atomic E-state index is 0.734. The molecule has 0 amide bonds. The number of nitrogens with zero attached hydrogens (tertiary/aromatic N) is 2. The average molecular weight is 269 g/mol. The number of hydrogen-bond acceptors (Lipinski definition) is 3. The number of rotatable bonds is 5. The Morgan fingerprint density at radius 2 is 2.10 bits per heavy atom. The molecule has 0 atom stereocenters. The second-order valence-electron chi connectivity index (χ2n) is 4.94. The predicted octanol–water partition coefficient (Wildman–Crippen LogP) is 2.69. The number of nitrogens with one attached hydrogen (secondary N) is 1. The van der Waals surface area contributed by atoms with Gasteiger partial charge in [-0.2, -0.15) is 5.10 Å². The summed E-state index contributed by atoms with van der Waals surface area (Å²) in [6.07, 6.45) is 5.26. The summed E-state index contributed by atoms with van der Waals surface area (Å²) in [5.41, 5.74) is 2.55. The van der Waals surface area contributed by atoms with Crippen molar-refractivity contribution >= 4 is 5.82 Å². The van der Waals surface area contributed by atoms with Crippen molar-refractivity contribution in [2.24, 2.45) is 0 Å². The first-order valence-electron chi connectivity index (χ1n) is 6.97. The van der Waals surface area contributed by atoms with Crippen LogP contribution in [0.3, 0.4) is 0 Å². The molecule has 0 spiro atoms. The molecule has 2 heterocycles. The van der Waals surface area contributed by atoms with Gasteiger partial charge >= 0.3 is 0 Å². The molecule has 1 aliphatic rings. The van der Waals surface area contributed by atoms with E-state index in [0.29, 0.717) is 0 Å². The zero-order chi connectivity index (χ0) is 13.6. The first kappa shape index (κ1) is 12.9. The van der Waals surface area contributed by atoms with Crippen molar-refractivity contribution in [3.63, 3.8) is 0 Å². The zero-order valence-electron chi connectivity index (χ0n) is 11.5. The lowest BCUT2D eigenvalue weighted by Gasteiger charge is -2.13. The molecular formula is C16H19N3O. The third-order valence-corrected chi connectivity index (χ3v) is 3.31. The lowest BCUT2D eigenvalue weighted by atomic mass is 10.2. The van der Waals surface area contributed by atoms with E-state index < -0.39 is 0 Å². The molecular weight excluding hydrogens is 250 g/mol. The van der Waals surface area contributed by atoms with Gasteiger partial charge in [-0.05, 0) is 17.6 Å². The molecule has 1 aliphatic heterocycles. The number of anilines is 1. The fraction of sp³-hybridized carbons (Fsp3) is 0.312. The number of benzene rings is 1. The molecule has 0 fully saturated rings. The van der Waals surface area contributed by atoms with Gasteiger partial charge in [0.05, 0.1) is 19.8 Å². The summed E-state index contributed by atoms with van der Waals surface area (Å²) in [4.78, 5) is 0. The third-order valence-electron chi connectivity index (χ3n) is 3.31. The monoisotopic (exact) mass is 269 g/mol. The van der Waals surface area contributed by atoms with Gasteiger partial charge in [0.25, 0.3) is 0 Å². The molecule has 1 aromatic carbocycles. The molecule has 0 bridgehead atoms. The molecule has 1 aromatic heterocycles. The standard InChI is InChI=1S/C16H19N3O/c1-2-5-14(6-3-1)12-19-9-8-16(18-19)17-11-15-7-4-10-20-13-15/h1-3,5-9H,4,10-13H2,(H,17,18). The minimum Gasteiger partial charge on any atom is -0.377 e. The van der Waals surface area contributed by atoms with Crippen molar-refractivity contribution in [3.8, 4) is 0 Å². The molecule has 0 saturated carbocycles. The molecule has 104 valence electrons. The van der Waals surface area contributed by atoms with Crippen LogP contribution >= 0.6 is 0 Å². The van der Waals surface area contributed by atoms with E-state index in [-0.39, 0.29) is 0 Å². The summed E-state index contributed by atoms with van der Waals surface area (Å²) < 4.78 is 7.37. The molecule has 4 nitrogen and oxygen atoms in total. The van der Waals surface area contributed by atoms with E-state index >= 15 is 0 Å². The van der Waals surface area contributed by atoms with E-state index in [9.17, 15) is 0 Å². The largest absolute Gasteiger partial charge is 0.377 e. The van der Waals surface area contributed by atoms with Gasteiger partial charge in [-0.3, -0.25) is 4.68 Å². The molecule has 0 radical (unpaired) electrons. The summed E-state index contributed by atoms with van der Waals surface area (Å²) in [5, 5.41) is 7.87. The molecule has 0 unspecified atom stereocenters. The van der Waals surface area contributed by atoms with Crippen molar-refractivity contribution in [1.29, 1.82) is 0 Å². The quantitative estimate of drug-likeness (QED) is 0.848. The van der Waals surface area contributed by atoms with Gasteiger partial charge in [-0.15, -0.1) is 0 Å². The Balaban J connectivity index is 1.55. The summed E-state index contributed by atoms with van der Waals surface area (Å²) >= 11 is 0. The summed E-state index contributed by atoms with van der Waals surface area (Å²) in [5.74, 6) is 0.910. The van der Waals surface area contributed by atoms with Crippen LogP contribution < -0.4 is 5.32 Å². The summed E-state index contributed by atoms with van der Waals surface area (Å²) in [7, 11) is 0. The fourth-order valence-corrected chi connectivity index (χ4v) is 2.25. The van der Waals surface area contributed by atoms with Gasteiger partial charge in [0, 0.05) is 18.8 Å². The van der Waals surface area contributed by atoms with E-state index in [1.165, 1.54) is 11.1 Å². The number of hydrogen-bond donors (Lipinski definition) is 1. The third kappa shape index (κ3) is 3.48. The SMILES string of the molecule is C1=C(CNc2ccn(Cc3ccccc3)n2)COCC1. The Hall–Kier alpha value is -2.07. The van der Waals surface area contributed by atoms with Gasteiger partial charge in [0.1, 0.15) is 5.82 Å².